The lowest BCUT2D eigenvalue weighted by Crippen LogP contribution is -2.14. The number of allylic oxidation sites excluding steroid dienone is 4. The molecule has 0 aromatic heterocycles. The third-order valence-electron chi connectivity index (χ3n) is 4.68. The number of hydrogen-bond acceptors (Lipinski definition) is 4. The predicted octanol–water partition coefficient (Wildman–Crippen LogP) is 2.86. The molecule has 1 atom stereocenters. The van der Waals surface area contributed by atoms with Crippen LogP contribution in [0, 0.1) is 22.7 Å². The van der Waals surface area contributed by atoms with Crippen molar-refractivity contribution in [1.29, 1.82) is 10.5 Å². The van der Waals surface area contributed by atoms with E-state index in [1.807, 2.05) is 12.1 Å². The average molecular weight is 310 g/mol. The molecule has 2 aromatic carbocycles. The van der Waals surface area contributed by atoms with Crippen molar-refractivity contribution in [3.63, 3.8) is 0 Å². The maximum absolute atomic E-state index is 12.2. The molecule has 0 saturated carbocycles. The van der Waals surface area contributed by atoms with Gasteiger partial charge in [-0.3, -0.25) is 9.59 Å². The third-order valence-corrected chi connectivity index (χ3v) is 4.68. The minimum Gasteiger partial charge on any atom is -0.290 e. The Morgan fingerprint density at radius 2 is 1.62 bits per heavy atom. The van der Waals surface area contributed by atoms with Crippen molar-refractivity contribution in [2.75, 3.05) is 0 Å². The standard InChI is InChI=1S/C20H10N2O2/c21-9-12-2-1-11-7-16(17-8-14(23)4-6-18(17)24)15-5-3-13(10-22)19(12)20(11)15/h1-6,8,16H,7H2. The van der Waals surface area contributed by atoms with Gasteiger partial charge in [0.05, 0.1) is 23.3 Å². The Morgan fingerprint density at radius 1 is 0.917 bits per heavy atom. The third kappa shape index (κ3) is 1.84. The minimum absolute atomic E-state index is 0.162. The fourth-order valence-corrected chi connectivity index (χ4v) is 3.65. The van der Waals surface area contributed by atoms with Crippen LogP contribution in [0.1, 0.15) is 28.2 Å². The van der Waals surface area contributed by atoms with Gasteiger partial charge in [0.1, 0.15) is 0 Å². The number of nitriles is 2. The molecule has 2 aliphatic rings. The smallest absolute Gasteiger partial charge is 0.182 e. The fraction of sp³-hybridized carbons (Fsp3) is 0.100. The van der Waals surface area contributed by atoms with Crippen molar-refractivity contribution in [2.24, 2.45) is 0 Å². The molecule has 0 amide bonds. The highest BCUT2D eigenvalue weighted by Gasteiger charge is 2.32. The number of carbonyl (C=O) groups is 2. The van der Waals surface area contributed by atoms with E-state index in [4.69, 9.17) is 0 Å². The Labute approximate surface area is 137 Å². The molecule has 0 saturated heterocycles. The Morgan fingerprint density at radius 3 is 2.33 bits per heavy atom. The highest BCUT2D eigenvalue weighted by Crippen LogP contribution is 2.44. The van der Waals surface area contributed by atoms with Gasteiger partial charge in [0.15, 0.2) is 11.6 Å². The minimum atomic E-state index is -0.217. The van der Waals surface area contributed by atoms with E-state index in [1.54, 1.807) is 12.1 Å². The van der Waals surface area contributed by atoms with Crippen LogP contribution in [0.25, 0.3) is 10.8 Å². The van der Waals surface area contributed by atoms with E-state index in [0.717, 1.165) is 16.5 Å². The fourth-order valence-electron chi connectivity index (χ4n) is 3.65. The van der Waals surface area contributed by atoms with Crippen LogP contribution in [-0.4, -0.2) is 11.6 Å². The van der Waals surface area contributed by atoms with Gasteiger partial charge in [-0.05, 0) is 53.3 Å². The molecule has 2 aromatic rings. The zero-order chi connectivity index (χ0) is 16.8. The lowest BCUT2D eigenvalue weighted by molar-refractivity contribution is -0.114. The van der Waals surface area contributed by atoms with Gasteiger partial charge >= 0.3 is 0 Å². The number of nitrogens with zero attached hydrogens (tertiary/aromatic N) is 2. The monoisotopic (exact) mass is 310 g/mol. The van der Waals surface area contributed by atoms with E-state index >= 15 is 0 Å². The second-order valence-electron chi connectivity index (χ2n) is 5.90. The molecular formula is C20H10N2O2. The van der Waals surface area contributed by atoms with Crippen LogP contribution < -0.4 is 0 Å². The molecule has 0 heterocycles. The summed E-state index contributed by atoms with van der Waals surface area (Å²) < 4.78 is 0. The van der Waals surface area contributed by atoms with Crippen molar-refractivity contribution in [2.45, 2.75) is 12.3 Å². The second kappa shape index (κ2) is 5.01. The SMILES string of the molecule is N#Cc1ccc2c3c(ccc(C#N)c13)C(C1=CC(=O)C=CC1=O)C2. The molecule has 0 spiro atoms. The van der Waals surface area contributed by atoms with Crippen molar-refractivity contribution >= 4 is 22.3 Å². The van der Waals surface area contributed by atoms with E-state index in [-0.39, 0.29) is 17.5 Å². The summed E-state index contributed by atoms with van der Waals surface area (Å²) in [6.07, 6.45) is 4.57. The molecule has 2 aliphatic carbocycles. The highest BCUT2D eigenvalue weighted by atomic mass is 16.1. The largest absolute Gasteiger partial charge is 0.290 e. The van der Waals surface area contributed by atoms with E-state index in [9.17, 15) is 20.1 Å². The molecule has 4 heteroatoms. The number of ketones is 2. The van der Waals surface area contributed by atoms with Gasteiger partial charge in [0, 0.05) is 16.9 Å². The van der Waals surface area contributed by atoms with Gasteiger partial charge in [-0.15, -0.1) is 0 Å². The van der Waals surface area contributed by atoms with E-state index in [0.29, 0.717) is 28.5 Å². The first kappa shape index (κ1) is 14.1. The highest BCUT2D eigenvalue weighted by molar-refractivity contribution is 6.18. The van der Waals surface area contributed by atoms with Crippen LogP contribution in [-0.2, 0) is 16.0 Å². The van der Waals surface area contributed by atoms with Crippen molar-refractivity contribution < 1.29 is 9.59 Å². The molecule has 4 rings (SSSR count). The van der Waals surface area contributed by atoms with Gasteiger partial charge in [-0.1, -0.05) is 12.1 Å². The van der Waals surface area contributed by atoms with Crippen LogP contribution in [0.5, 0.6) is 0 Å². The first-order chi connectivity index (χ1) is 11.6. The topological polar surface area (TPSA) is 81.7 Å². The first-order valence-corrected chi connectivity index (χ1v) is 7.50. The van der Waals surface area contributed by atoms with E-state index in [1.165, 1.54) is 18.2 Å². The molecule has 0 N–H and O–H groups in total. The molecule has 0 bridgehead atoms. The molecule has 0 fully saturated rings. The maximum Gasteiger partial charge on any atom is 0.182 e. The normalized spacial score (nSPS) is 18.4. The van der Waals surface area contributed by atoms with Crippen LogP contribution >= 0.6 is 0 Å². The predicted molar refractivity (Wildman–Crippen MR) is 87.1 cm³/mol. The van der Waals surface area contributed by atoms with E-state index in [2.05, 4.69) is 12.1 Å². The Balaban J connectivity index is 2.00. The summed E-state index contributed by atoms with van der Waals surface area (Å²) in [4.78, 5) is 23.9. The summed E-state index contributed by atoms with van der Waals surface area (Å²) in [5.41, 5.74) is 3.28. The van der Waals surface area contributed by atoms with Crippen LogP contribution in [0.4, 0.5) is 0 Å². The molecular weight excluding hydrogens is 300 g/mol. The van der Waals surface area contributed by atoms with Gasteiger partial charge in [-0.2, -0.15) is 10.5 Å². The summed E-state index contributed by atoms with van der Waals surface area (Å²) in [7, 11) is 0. The Bertz CT molecular complexity index is 1070. The average Bonchev–Trinajstić information content (AvgIpc) is 2.97. The number of carbonyl (C=O) groups excluding carboxylic acids is 2. The van der Waals surface area contributed by atoms with Crippen molar-refractivity contribution in [3.8, 4) is 12.1 Å². The van der Waals surface area contributed by atoms with Crippen LogP contribution in [0.2, 0.25) is 0 Å². The first-order valence-electron chi connectivity index (χ1n) is 7.50. The molecule has 1 unspecified atom stereocenters. The van der Waals surface area contributed by atoms with Crippen molar-refractivity contribution in [3.05, 3.63) is 70.3 Å². The summed E-state index contributed by atoms with van der Waals surface area (Å²) in [5.74, 6) is -0.570. The molecule has 0 radical (unpaired) electrons. The lowest BCUT2D eigenvalue weighted by Gasteiger charge is -2.16. The number of benzene rings is 2. The van der Waals surface area contributed by atoms with Crippen molar-refractivity contribution in [1.82, 2.24) is 0 Å². The zero-order valence-corrected chi connectivity index (χ0v) is 12.5. The zero-order valence-electron chi connectivity index (χ0n) is 12.5. The van der Waals surface area contributed by atoms with Gasteiger partial charge < -0.3 is 0 Å². The number of rotatable bonds is 1. The molecule has 0 aliphatic heterocycles. The van der Waals surface area contributed by atoms with Gasteiger partial charge in [-0.25, -0.2) is 0 Å². The summed E-state index contributed by atoms with van der Waals surface area (Å²) in [6.45, 7) is 0. The summed E-state index contributed by atoms with van der Waals surface area (Å²) in [6, 6.07) is 11.4. The Hall–Kier alpha value is -3.50. The molecule has 24 heavy (non-hydrogen) atoms. The van der Waals surface area contributed by atoms with E-state index < -0.39 is 0 Å². The number of hydrogen-bond donors (Lipinski definition) is 0. The summed E-state index contributed by atoms with van der Waals surface area (Å²) in [5, 5.41) is 20.3. The van der Waals surface area contributed by atoms with Gasteiger partial charge in [0.25, 0.3) is 0 Å². The molecule has 112 valence electrons. The quantitative estimate of drug-likeness (QED) is 0.758. The van der Waals surface area contributed by atoms with Gasteiger partial charge in [0.2, 0.25) is 0 Å². The van der Waals surface area contributed by atoms with Crippen LogP contribution in [0.3, 0.4) is 0 Å². The maximum atomic E-state index is 12.2. The Kier molecular flexibility index (Phi) is 2.95. The lowest BCUT2D eigenvalue weighted by atomic mass is 9.86. The van der Waals surface area contributed by atoms with Crippen LogP contribution in [0.15, 0.2) is 48.1 Å². The molecule has 4 nitrogen and oxygen atoms in total. The summed E-state index contributed by atoms with van der Waals surface area (Å²) >= 11 is 0. The second-order valence-corrected chi connectivity index (χ2v) is 5.90.